The van der Waals surface area contributed by atoms with Crippen LogP contribution >= 0.6 is 0 Å². The number of nitrogens with zero attached hydrogens (tertiary/aromatic N) is 1. The fraction of sp³-hybridized carbons (Fsp3) is 0.625. The van der Waals surface area contributed by atoms with Gasteiger partial charge >= 0.3 is 0 Å². The average molecular weight is 262 g/mol. The number of rotatable bonds is 6. The van der Waals surface area contributed by atoms with Gasteiger partial charge in [0.15, 0.2) is 0 Å². The summed E-state index contributed by atoms with van der Waals surface area (Å²) in [6, 6.07) is 9.39. The zero-order chi connectivity index (χ0) is 13.5. The van der Waals surface area contributed by atoms with Gasteiger partial charge in [0.1, 0.15) is 0 Å². The summed E-state index contributed by atoms with van der Waals surface area (Å²) in [6.45, 7) is 7.36. The van der Waals surface area contributed by atoms with Gasteiger partial charge < -0.3 is 10.1 Å². The number of hydrogen-bond acceptors (Lipinski definition) is 3. The summed E-state index contributed by atoms with van der Waals surface area (Å²) in [5.41, 5.74) is 2.83. The van der Waals surface area contributed by atoms with Crippen molar-refractivity contribution in [1.29, 1.82) is 0 Å². The molecular weight excluding hydrogens is 236 g/mol. The highest BCUT2D eigenvalue weighted by Crippen LogP contribution is 2.17. The molecule has 1 aliphatic rings. The number of methoxy groups -OCH3 is 1. The molecule has 3 heteroatoms. The Morgan fingerprint density at radius 1 is 1.26 bits per heavy atom. The molecule has 0 aromatic heterocycles. The number of piperidine rings is 1. The molecule has 0 spiro atoms. The topological polar surface area (TPSA) is 24.5 Å². The van der Waals surface area contributed by atoms with Gasteiger partial charge in [0, 0.05) is 26.2 Å². The van der Waals surface area contributed by atoms with Crippen molar-refractivity contribution < 1.29 is 4.74 Å². The van der Waals surface area contributed by atoms with Crippen LogP contribution in [0.3, 0.4) is 0 Å². The third kappa shape index (κ3) is 4.30. The highest BCUT2D eigenvalue weighted by molar-refractivity contribution is 5.25. The molecule has 1 aliphatic heterocycles. The van der Waals surface area contributed by atoms with Crippen LogP contribution in [-0.2, 0) is 11.3 Å². The Kier molecular flexibility index (Phi) is 5.83. The first kappa shape index (κ1) is 14.5. The van der Waals surface area contributed by atoms with E-state index in [9.17, 15) is 0 Å². The fourth-order valence-electron chi connectivity index (χ4n) is 2.78. The summed E-state index contributed by atoms with van der Waals surface area (Å²) in [7, 11) is 1.79. The molecule has 0 bridgehead atoms. The summed E-state index contributed by atoms with van der Waals surface area (Å²) in [4.78, 5) is 2.59. The molecule has 1 aromatic rings. The van der Waals surface area contributed by atoms with E-state index in [-0.39, 0.29) is 0 Å². The number of ether oxygens (including phenoxy) is 1. The van der Waals surface area contributed by atoms with E-state index in [4.69, 9.17) is 4.74 Å². The van der Waals surface area contributed by atoms with Crippen LogP contribution < -0.4 is 5.32 Å². The summed E-state index contributed by atoms with van der Waals surface area (Å²) in [5, 5.41) is 3.44. The van der Waals surface area contributed by atoms with Crippen molar-refractivity contribution in [2.45, 2.75) is 32.4 Å². The molecule has 1 heterocycles. The van der Waals surface area contributed by atoms with Gasteiger partial charge in [-0.25, -0.2) is 0 Å². The highest BCUT2D eigenvalue weighted by Gasteiger charge is 2.21. The van der Waals surface area contributed by atoms with E-state index in [1.165, 1.54) is 24.0 Å². The van der Waals surface area contributed by atoms with Crippen molar-refractivity contribution in [2.75, 3.05) is 33.4 Å². The smallest absolute Gasteiger partial charge is 0.0589 e. The molecule has 0 amide bonds. The van der Waals surface area contributed by atoms with Crippen LogP contribution in [-0.4, -0.2) is 44.3 Å². The lowest BCUT2D eigenvalue weighted by atomic mass is 10.0. The van der Waals surface area contributed by atoms with Crippen LogP contribution in [0.5, 0.6) is 0 Å². The lowest BCUT2D eigenvalue weighted by Gasteiger charge is -2.35. The van der Waals surface area contributed by atoms with Crippen LogP contribution in [0.15, 0.2) is 24.3 Å². The Balaban J connectivity index is 2.02. The van der Waals surface area contributed by atoms with E-state index in [0.29, 0.717) is 6.04 Å². The Morgan fingerprint density at radius 2 is 2.00 bits per heavy atom. The van der Waals surface area contributed by atoms with E-state index in [1.54, 1.807) is 7.11 Å². The standard InChI is InChI=1S/C16H26N2O/c1-14-5-3-4-6-15(14)13-18(11-12-19-2)16-7-9-17-10-8-16/h3-6,16-17H,7-13H2,1-2H3. The quantitative estimate of drug-likeness (QED) is 0.850. The molecule has 1 fully saturated rings. The Morgan fingerprint density at radius 3 is 2.68 bits per heavy atom. The molecule has 1 N–H and O–H groups in total. The van der Waals surface area contributed by atoms with Crippen LogP contribution in [0.2, 0.25) is 0 Å². The van der Waals surface area contributed by atoms with Crippen molar-refractivity contribution in [3.63, 3.8) is 0 Å². The number of hydrogen-bond donors (Lipinski definition) is 1. The second kappa shape index (κ2) is 7.63. The van der Waals surface area contributed by atoms with Gasteiger partial charge in [0.05, 0.1) is 6.61 Å². The Labute approximate surface area is 116 Å². The first-order valence-electron chi connectivity index (χ1n) is 7.29. The molecule has 3 nitrogen and oxygen atoms in total. The zero-order valence-corrected chi connectivity index (χ0v) is 12.2. The van der Waals surface area contributed by atoms with E-state index >= 15 is 0 Å². The van der Waals surface area contributed by atoms with Crippen molar-refractivity contribution in [3.05, 3.63) is 35.4 Å². The first-order valence-corrected chi connectivity index (χ1v) is 7.29. The second-order valence-corrected chi connectivity index (χ2v) is 5.37. The molecule has 0 atom stereocenters. The van der Waals surface area contributed by atoms with Crippen LogP contribution in [0.4, 0.5) is 0 Å². The predicted octanol–water partition coefficient (Wildman–Crippen LogP) is 2.20. The predicted molar refractivity (Wildman–Crippen MR) is 79.4 cm³/mol. The number of nitrogens with one attached hydrogen (secondary N) is 1. The Bertz CT molecular complexity index is 375. The third-order valence-corrected chi connectivity index (χ3v) is 4.04. The molecule has 0 aliphatic carbocycles. The lowest BCUT2D eigenvalue weighted by molar-refractivity contribution is 0.0994. The van der Waals surface area contributed by atoms with Crippen molar-refractivity contribution >= 4 is 0 Å². The maximum Gasteiger partial charge on any atom is 0.0589 e. The highest BCUT2D eigenvalue weighted by atomic mass is 16.5. The molecule has 0 radical (unpaired) electrons. The second-order valence-electron chi connectivity index (χ2n) is 5.37. The van der Waals surface area contributed by atoms with E-state index < -0.39 is 0 Å². The van der Waals surface area contributed by atoms with Gasteiger partial charge in [-0.1, -0.05) is 24.3 Å². The minimum Gasteiger partial charge on any atom is -0.383 e. The molecule has 19 heavy (non-hydrogen) atoms. The van der Waals surface area contributed by atoms with Crippen molar-refractivity contribution in [2.24, 2.45) is 0 Å². The molecule has 1 aromatic carbocycles. The summed E-state index contributed by atoms with van der Waals surface area (Å²) >= 11 is 0. The van der Waals surface area contributed by atoms with E-state index in [1.807, 2.05) is 0 Å². The minimum absolute atomic E-state index is 0.691. The molecular formula is C16H26N2O. The largest absolute Gasteiger partial charge is 0.383 e. The van der Waals surface area contributed by atoms with Gasteiger partial charge in [0.2, 0.25) is 0 Å². The van der Waals surface area contributed by atoms with Crippen LogP contribution in [0, 0.1) is 6.92 Å². The van der Waals surface area contributed by atoms with Gasteiger partial charge in [-0.2, -0.15) is 0 Å². The molecule has 106 valence electrons. The maximum absolute atomic E-state index is 5.27. The number of benzene rings is 1. The lowest BCUT2D eigenvalue weighted by Crippen LogP contribution is -2.44. The first-order chi connectivity index (χ1) is 9.31. The van der Waals surface area contributed by atoms with Gasteiger partial charge in [-0.3, -0.25) is 4.90 Å². The summed E-state index contributed by atoms with van der Waals surface area (Å²) in [5.74, 6) is 0. The van der Waals surface area contributed by atoms with Gasteiger partial charge in [-0.05, 0) is 44.0 Å². The molecule has 0 saturated carbocycles. The van der Waals surface area contributed by atoms with Crippen LogP contribution in [0.25, 0.3) is 0 Å². The van der Waals surface area contributed by atoms with Crippen molar-refractivity contribution in [1.82, 2.24) is 10.2 Å². The fourth-order valence-corrected chi connectivity index (χ4v) is 2.78. The Hall–Kier alpha value is -0.900. The average Bonchev–Trinajstić information content (AvgIpc) is 2.46. The molecule has 1 saturated heterocycles. The minimum atomic E-state index is 0.691. The summed E-state index contributed by atoms with van der Waals surface area (Å²) < 4.78 is 5.27. The zero-order valence-electron chi connectivity index (χ0n) is 12.2. The third-order valence-electron chi connectivity index (χ3n) is 4.04. The number of aryl methyl sites for hydroxylation is 1. The monoisotopic (exact) mass is 262 g/mol. The van der Waals surface area contributed by atoms with E-state index in [0.717, 1.165) is 32.8 Å². The molecule has 0 unspecified atom stereocenters. The molecule has 2 rings (SSSR count). The van der Waals surface area contributed by atoms with Crippen LogP contribution in [0.1, 0.15) is 24.0 Å². The maximum atomic E-state index is 5.27. The van der Waals surface area contributed by atoms with E-state index in [2.05, 4.69) is 41.4 Å². The summed E-state index contributed by atoms with van der Waals surface area (Å²) in [6.07, 6.45) is 2.49. The normalized spacial score (nSPS) is 17.0. The SMILES string of the molecule is COCCN(Cc1ccccc1C)C1CCNCC1. The van der Waals surface area contributed by atoms with Gasteiger partial charge in [-0.15, -0.1) is 0 Å². The van der Waals surface area contributed by atoms with Crippen molar-refractivity contribution in [3.8, 4) is 0 Å². The van der Waals surface area contributed by atoms with Gasteiger partial charge in [0.25, 0.3) is 0 Å².